The Morgan fingerprint density at radius 2 is 2.19 bits per heavy atom. The summed E-state index contributed by atoms with van der Waals surface area (Å²) < 4.78 is 0. The molecule has 1 aromatic rings. The summed E-state index contributed by atoms with van der Waals surface area (Å²) >= 11 is 6.18. The lowest BCUT2D eigenvalue weighted by molar-refractivity contribution is 0.207. The van der Waals surface area contributed by atoms with Gasteiger partial charge in [-0.2, -0.15) is 5.26 Å². The maximum absolute atomic E-state index is 8.98. The molecule has 1 saturated heterocycles. The summed E-state index contributed by atoms with van der Waals surface area (Å²) in [4.78, 5) is 2.39. The van der Waals surface area contributed by atoms with E-state index in [1.54, 1.807) is 0 Å². The molecule has 3 nitrogen and oxygen atoms in total. The third-order valence-corrected chi connectivity index (χ3v) is 4.62. The highest BCUT2D eigenvalue weighted by atomic mass is 35.5. The van der Waals surface area contributed by atoms with Crippen LogP contribution in [0.2, 0.25) is 5.02 Å². The summed E-state index contributed by atoms with van der Waals surface area (Å²) in [7, 11) is 0. The summed E-state index contributed by atoms with van der Waals surface area (Å²) in [6.07, 6.45) is 1.16. The second-order valence-electron chi connectivity index (χ2n) is 6.02. The van der Waals surface area contributed by atoms with Crippen molar-refractivity contribution >= 4 is 29.7 Å². The van der Waals surface area contributed by atoms with Crippen LogP contribution in [0.4, 0.5) is 5.69 Å². The molecule has 116 valence electrons. The fraction of sp³-hybridized carbons (Fsp3) is 0.562. The summed E-state index contributed by atoms with van der Waals surface area (Å²) in [5.74, 6) is 0. The van der Waals surface area contributed by atoms with E-state index in [-0.39, 0.29) is 17.8 Å². The lowest BCUT2D eigenvalue weighted by Crippen LogP contribution is -2.55. The number of nitrogens with one attached hydrogen (secondary N) is 1. The maximum Gasteiger partial charge on any atom is 0.101 e. The minimum absolute atomic E-state index is 0. The zero-order valence-electron chi connectivity index (χ0n) is 12.8. The average molecular weight is 328 g/mol. The van der Waals surface area contributed by atoms with Crippen LogP contribution in [-0.4, -0.2) is 25.7 Å². The standard InChI is InChI=1S/C16H22ClN3.ClH/c1-4-20(15-11-19-8-7-16(15,2)3)13-6-5-12(10-18)14(17)9-13;/h5-6,9,15,19H,4,7-8,11H2,1-3H3;1H. The molecular formula is C16H23Cl2N3. The minimum Gasteiger partial charge on any atom is -0.367 e. The van der Waals surface area contributed by atoms with Crippen LogP contribution in [0.25, 0.3) is 0 Å². The first-order valence-corrected chi connectivity index (χ1v) is 7.54. The second kappa shape index (κ2) is 7.35. The topological polar surface area (TPSA) is 39.1 Å². The Morgan fingerprint density at radius 3 is 2.71 bits per heavy atom. The number of piperidine rings is 1. The van der Waals surface area contributed by atoms with Gasteiger partial charge < -0.3 is 10.2 Å². The number of nitriles is 1. The van der Waals surface area contributed by atoms with Crippen molar-refractivity contribution in [3.05, 3.63) is 28.8 Å². The predicted octanol–water partition coefficient (Wildman–Crippen LogP) is 3.85. The molecule has 1 aromatic carbocycles. The zero-order chi connectivity index (χ0) is 14.8. The van der Waals surface area contributed by atoms with Crippen LogP contribution < -0.4 is 10.2 Å². The van der Waals surface area contributed by atoms with E-state index in [4.69, 9.17) is 16.9 Å². The first-order chi connectivity index (χ1) is 9.49. The molecule has 0 spiro atoms. The molecule has 1 fully saturated rings. The monoisotopic (exact) mass is 327 g/mol. The molecule has 1 heterocycles. The Hall–Kier alpha value is -0.950. The maximum atomic E-state index is 8.98. The summed E-state index contributed by atoms with van der Waals surface area (Å²) in [5.41, 5.74) is 1.90. The first kappa shape index (κ1) is 18.1. The van der Waals surface area contributed by atoms with Crippen molar-refractivity contribution in [2.75, 3.05) is 24.5 Å². The van der Waals surface area contributed by atoms with E-state index in [1.807, 2.05) is 18.2 Å². The molecule has 1 N–H and O–H groups in total. The fourth-order valence-corrected chi connectivity index (χ4v) is 3.20. The van der Waals surface area contributed by atoms with Gasteiger partial charge in [0.1, 0.15) is 6.07 Å². The van der Waals surface area contributed by atoms with Crippen molar-refractivity contribution in [3.63, 3.8) is 0 Å². The van der Waals surface area contributed by atoms with Crippen LogP contribution in [0, 0.1) is 16.7 Å². The molecule has 1 unspecified atom stereocenters. The van der Waals surface area contributed by atoms with E-state index in [1.165, 1.54) is 0 Å². The van der Waals surface area contributed by atoms with Crippen molar-refractivity contribution in [1.29, 1.82) is 5.26 Å². The van der Waals surface area contributed by atoms with Gasteiger partial charge >= 0.3 is 0 Å². The van der Waals surface area contributed by atoms with Gasteiger partial charge in [-0.25, -0.2) is 0 Å². The normalized spacial score (nSPS) is 20.2. The Balaban J connectivity index is 0.00000220. The molecule has 0 aliphatic carbocycles. The quantitative estimate of drug-likeness (QED) is 0.916. The number of benzene rings is 1. The van der Waals surface area contributed by atoms with E-state index in [0.717, 1.165) is 31.7 Å². The Bertz CT molecular complexity index is 523. The van der Waals surface area contributed by atoms with Crippen molar-refractivity contribution in [2.24, 2.45) is 5.41 Å². The van der Waals surface area contributed by atoms with E-state index in [9.17, 15) is 0 Å². The molecule has 0 bridgehead atoms. The van der Waals surface area contributed by atoms with Crippen LogP contribution in [0.5, 0.6) is 0 Å². The summed E-state index contributed by atoms with van der Waals surface area (Å²) in [6, 6.07) is 8.27. The zero-order valence-corrected chi connectivity index (χ0v) is 14.4. The largest absolute Gasteiger partial charge is 0.367 e. The molecule has 1 aliphatic rings. The van der Waals surface area contributed by atoms with Crippen molar-refractivity contribution in [3.8, 4) is 6.07 Å². The van der Waals surface area contributed by atoms with Gasteiger partial charge in [-0.1, -0.05) is 25.4 Å². The molecule has 0 aromatic heterocycles. The number of hydrogen-bond acceptors (Lipinski definition) is 3. The summed E-state index contributed by atoms with van der Waals surface area (Å²) in [6.45, 7) is 9.81. The van der Waals surface area contributed by atoms with E-state index < -0.39 is 0 Å². The fourth-order valence-electron chi connectivity index (χ4n) is 2.98. The van der Waals surface area contributed by atoms with E-state index >= 15 is 0 Å². The van der Waals surface area contributed by atoms with Gasteiger partial charge in [-0.05, 0) is 43.5 Å². The molecule has 0 radical (unpaired) electrons. The molecular weight excluding hydrogens is 305 g/mol. The van der Waals surface area contributed by atoms with Gasteiger partial charge in [0.2, 0.25) is 0 Å². The SMILES string of the molecule is CCN(c1ccc(C#N)c(Cl)c1)C1CNCCC1(C)C.Cl. The molecule has 1 aliphatic heterocycles. The Morgan fingerprint density at radius 1 is 1.48 bits per heavy atom. The average Bonchev–Trinajstić information content (AvgIpc) is 2.41. The second-order valence-corrected chi connectivity index (χ2v) is 6.43. The molecule has 2 rings (SSSR count). The number of anilines is 1. The van der Waals surface area contributed by atoms with E-state index in [2.05, 4.69) is 37.1 Å². The van der Waals surface area contributed by atoms with Crippen molar-refractivity contribution in [1.82, 2.24) is 5.32 Å². The van der Waals surface area contributed by atoms with Gasteiger partial charge in [0.05, 0.1) is 10.6 Å². The number of likely N-dealkylation sites (N-methyl/N-ethyl adjacent to an activating group) is 1. The van der Waals surface area contributed by atoms with Gasteiger partial charge in [-0.15, -0.1) is 12.4 Å². The van der Waals surface area contributed by atoms with Crippen molar-refractivity contribution in [2.45, 2.75) is 33.2 Å². The lowest BCUT2D eigenvalue weighted by Gasteiger charge is -2.46. The number of nitrogens with zero attached hydrogens (tertiary/aromatic N) is 2. The minimum atomic E-state index is 0. The van der Waals surface area contributed by atoms with Gasteiger partial charge in [0, 0.05) is 24.8 Å². The third-order valence-electron chi connectivity index (χ3n) is 4.31. The predicted molar refractivity (Wildman–Crippen MR) is 91.5 cm³/mol. The van der Waals surface area contributed by atoms with Gasteiger partial charge in [0.15, 0.2) is 0 Å². The number of halogens is 2. The molecule has 1 atom stereocenters. The van der Waals surface area contributed by atoms with Crippen LogP contribution in [0.1, 0.15) is 32.8 Å². The number of hydrogen-bond donors (Lipinski definition) is 1. The lowest BCUT2D eigenvalue weighted by atomic mass is 9.77. The smallest absolute Gasteiger partial charge is 0.101 e. The Labute approximate surface area is 138 Å². The molecule has 0 amide bonds. The highest BCUT2D eigenvalue weighted by Gasteiger charge is 2.36. The first-order valence-electron chi connectivity index (χ1n) is 7.16. The van der Waals surface area contributed by atoms with Crippen LogP contribution in [0.3, 0.4) is 0 Å². The highest BCUT2D eigenvalue weighted by molar-refractivity contribution is 6.32. The van der Waals surface area contributed by atoms with E-state index in [0.29, 0.717) is 16.6 Å². The van der Waals surface area contributed by atoms with Crippen LogP contribution >= 0.6 is 24.0 Å². The van der Waals surface area contributed by atoms with Crippen LogP contribution in [-0.2, 0) is 0 Å². The molecule has 21 heavy (non-hydrogen) atoms. The summed E-state index contributed by atoms with van der Waals surface area (Å²) in [5, 5.41) is 13.0. The van der Waals surface area contributed by atoms with Gasteiger partial charge in [-0.3, -0.25) is 0 Å². The van der Waals surface area contributed by atoms with Gasteiger partial charge in [0.25, 0.3) is 0 Å². The van der Waals surface area contributed by atoms with Crippen molar-refractivity contribution < 1.29 is 0 Å². The molecule has 5 heteroatoms. The Kier molecular flexibility index (Phi) is 6.34. The number of rotatable bonds is 3. The third kappa shape index (κ3) is 3.83. The molecule has 0 saturated carbocycles. The van der Waals surface area contributed by atoms with Crippen LogP contribution in [0.15, 0.2) is 18.2 Å². The highest BCUT2D eigenvalue weighted by Crippen LogP contribution is 2.34.